The summed E-state index contributed by atoms with van der Waals surface area (Å²) in [7, 11) is 0. The summed E-state index contributed by atoms with van der Waals surface area (Å²) in [6, 6.07) is 14.2. The average Bonchev–Trinajstić information content (AvgIpc) is 2.57. The van der Waals surface area contributed by atoms with Gasteiger partial charge in [0.25, 0.3) is 5.91 Å². The zero-order chi connectivity index (χ0) is 16.8. The molecule has 0 spiro atoms. The SMILES string of the molecule is CCN(CC)c1ccc(CNC(=O)c2ccc(C)c(C)c2)cc1. The summed E-state index contributed by atoms with van der Waals surface area (Å²) in [4.78, 5) is 14.5. The highest BCUT2D eigenvalue weighted by molar-refractivity contribution is 5.94. The lowest BCUT2D eigenvalue weighted by Gasteiger charge is -2.21. The zero-order valence-electron chi connectivity index (χ0n) is 14.5. The van der Waals surface area contributed by atoms with Crippen LogP contribution in [-0.4, -0.2) is 19.0 Å². The third-order valence-electron chi connectivity index (χ3n) is 4.29. The number of nitrogens with zero attached hydrogens (tertiary/aromatic N) is 1. The molecule has 0 aromatic heterocycles. The minimum atomic E-state index is -0.0269. The quantitative estimate of drug-likeness (QED) is 0.872. The predicted octanol–water partition coefficient (Wildman–Crippen LogP) is 4.08. The molecule has 0 aliphatic rings. The Morgan fingerprint density at radius 3 is 2.17 bits per heavy atom. The van der Waals surface area contributed by atoms with Crippen LogP contribution in [0.1, 0.15) is 40.9 Å². The number of nitrogens with one attached hydrogen (secondary N) is 1. The second-order valence-electron chi connectivity index (χ2n) is 5.82. The van der Waals surface area contributed by atoms with Crippen LogP contribution in [0.25, 0.3) is 0 Å². The fourth-order valence-corrected chi connectivity index (χ4v) is 2.58. The van der Waals surface area contributed by atoms with Crippen molar-refractivity contribution < 1.29 is 4.79 Å². The van der Waals surface area contributed by atoms with Crippen LogP contribution >= 0.6 is 0 Å². The molecule has 122 valence electrons. The first-order valence-corrected chi connectivity index (χ1v) is 8.24. The van der Waals surface area contributed by atoms with Crippen molar-refractivity contribution in [3.05, 3.63) is 64.7 Å². The summed E-state index contributed by atoms with van der Waals surface area (Å²) in [6.45, 7) is 10.9. The van der Waals surface area contributed by atoms with E-state index < -0.39 is 0 Å². The first kappa shape index (κ1) is 17.1. The van der Waals surface area contributed by atoms with Crippen LogP contribution in [-0.2, 0) is 6.54 Å². The maximum atomic E-state index is 12.2. The van der Waals surface area contributed by atoms with Gasteiger partial charge < -0.3 is 10.2 Å². The molecule has 1 N–H and O–H groups in total. The van der Waals surface area contributed by atoms with Crippen LogP contribution < -0.4 is 10.2 Å². The van der Waals surface area contributed by atoms with Crippen molar-refractivity contribution in [2.24, 2.45) is 0 Å². The topological polar surface area (TPSA) is 32.3 Å². The Balaban J connectivity index is 1.97. The highest BCUT2D eigenvalue weighted by atomic mass is 16.1. The highest BCUT2D eigenvalue weighted by Gasteiger charge is 2.07. The van der Waals surface area contributed by atoms with Gasteiger partial charge in [-0.15, -0.1) is 0 Å². The van der Waals surface area contributed by atoms with Gasteiger partial charge in [-0.25, -0.2) is 0 Å². The molecule has 0 saturated carbocycles. The van der Waals surface area contributed by atoms with E-state index in [1.807, 2.05) is 25.1 Å². The number of anilines is 1. The van der Waals surface area contributed by atoms with Gasteiger partial charge in [0.2, 0.25) is 0 Å². The summed E-state index contributed by atoms with van der Waals surface area (Å²) in [6.07, 6.45) is 0. The van der Waals surface area contributed by atoms with E-state index in [2.05, 4.69) is 55.3 Å². The smallest absolute Gasteiger partial charge is 0.251 e. The number of hydrogen-bond donors (Lipinski definition) is 1. The lowest BCUT2D eigenvalue weighted by atomic mass is 10.1. The average molecular weight is 310 g/mol. The Kier molecular flexibility index (Phi) is 5.80. The van der Waals surface area contributed by atoms with Gasteiger partial charge in [0, 0.05) is 30.9 Å². The molecule has 3 heteroatoms. The third-order valence-corrected chi connectivity index (χ3v) is 4.29. The Morgan fingerprint density at radius 1 is 0.957 bits per heavy atom. The molecule has 2 rings (SSSR count). The lowest BCUT2D eigenvalue weighted by Crippen LogP contribution is -2.23. The van der Waals surface area contributed by atoms with Gasteiger partial charge in [0.1, 0.15) is 0 Å². The molecule has 0 radical (unpaired) electrons. The van der Waals surface area contributed by atoms with E-state index >= 15 is 0 Å². The molecular formula is C20H26N2O. The molecule has 1 amide bonds. The predicted molar refractivity (Wildman–Crippen MR) is 97.1 cm³/mol. The fraction of sp³-hybridized carbons (Fsp3) is 0.350. The van der Waals surface area contributed by atoms with Gasteiger partial charge in [0.15, 0.2) is 0 Å². The molecule has 3 nitrogen and oxygen atoms in total. The number of carbonyl (C=O) groups excluding carboxylic acids is 1. The second-order valence-corrected chi connectivity index (χ2v) is 5.82. The summed E-state index contributed by atoms with van der Waals surface area (Å²) in [5.41, 5.74) is 5.39. The largest absolute Gasteiger partial charge is 0.372 e. The second kappa shape index (κ2) is 7.82. The van der Waals surface area contributed by atoms with E-state index in [4.69, 9.17) is 0 Å². The van der Waals surface area contributed by atoms with Crippen molar-refractivity contribution in [1.82, 2.24) is 5.32 Å². The lowest BCUT2D eigenvalue weighted by molar-refractivity contribution is 0.0951. The van der Waals surface area contributed by atoms with Crippen molar-refractivity contribution >= 4 is 11.6 Å². The van der Waals surface area contributed by atoms with E-state index in [0.717, 1.165) is 24.2 Å². The summed E-state index contributed by atoms with van der Waals surface area (Å²) >= 11 is 0. The van der Waals surface area contributed by atoms with Crippen LogP contribution in [0.15, 0.2) is 42.5 Å². The Hall–Kier alpha value is -2.29. The maximum absolute atomic E-state index is 12.2. The van der Waals surface area contributed by atoms with E-state index in [1.165, 1.54) is 11.3 Å². The van der Waals surface area contributed by atoms with E-state index in [1.54, 1.807) is 0 Å². The summed E-state index contributed by atoms with van der Waals surface area (Å²) in [5, 5.41) is 2.99. The number of hydrogen-bond acceptors (Lipinski definition) is 2. The Bertz CT molecular complexity index is 658. The van der Waals surface area contributed by atoms with Crippen molar-refractivity contribution in [1.29, 1.82) is 0 Å². The van der Waals surface area contributed by atoms with Gasteiger partial charge in [-0.3, -0.25) is 4.79 Å². The van der Waals surface area contributed by atoms with Crippen LogP contribution in [0, 0.1) is 13.8 Å². The summed E-state index contributed by atoms with van der Waals surface area (Å²) < 4.78 is 0. The van der Waals surface area contributed by atoms with E-state index in [0.29, 0.717) is 12.1 Å². The van der Waals surface area contributed by atoms with E-state index in [9.17, 15) is 4.79 Å². The first-order valence-electron chi connectivity index (χ1n) is 8.24. The Labute approximate surface area is 139 Å². The van der Waals surface area contributed by atoms with Gasteiger partial charge in [-0.1, -0.05) is 18.2 Å². The molecule has 0 heterocycles. The molecule has 0 aliphatic heterocycles. The standard InChI is InChI=1S/C20H26N2O/c1-5-22(6-2)19-11-8-17(9-12-19)14-21-20(23)18-10-7-15(3)16(4)13-18/h7-13H,5-6,14H2,1-4H3,(H,21,23). The van der Waals surface area contributed by atoms with Crippen molar-refractivity contribution in [2.75, 3.05) is 18.0 Å². The van der Waals surface area contributed by atoms with Crippen molar-refractivity contribution in [2.45, 2.75) is 34.2 Å². The number of amides is 1. The molecule has 0 aliphatic carbocycles. The zero-order valence-corrected chi connectivity index (χ0v) is 14.5. The Morgan fingerprint density at radius 2 is 1.61 bits per heavy atom. The maximum Gasteiger partial charge on any atom is 0.251 e. The van der Waals surface area contributed by atoms with Gasteiger partial charge in [-0.2, -0.15) is 0 Å². The van der Waals surface area contributed by atoms with Gasteiger partial charge in [0.05, 0.1) is 0 Å². The van der Waals surface area contributed by atoms with Crippen molar-refractivity contribution in [3.63, 3.8) is 0 Å². The summed E-state index contributed by atoms with van der Waals surface area (Å²) in [5.74, 6) is -0.0269. The first-order chi connectivity index (χ1) is 11.0. The van der Waals surface area contributed by atoms with E-state index in [-0.39, 0.29) is 5.91 Å². The number of benzene rings is 2. The highest BCUT2D eigenvalue weighted by Crippen LogP contribution is 2.15. The molecule has 23 heavy (non-hydrogen) atoms. The molecule has 0 atom stereocenters. The normalized spacial score (nSPS) is 10.4. The molecule has 0 fully saturated rings. The molecule has 0 saturated heterocycles. The molecule has 2 aromatic rings. The van der Waals surface area contributed by atoms with Gasteiger partial charge in [-0.05, 0) is 68.7 Å². The van der Waals surface area contributed by atoms with Crippen molar-refractivity contribution in [3.8, 4) is 0 Å². The monoisotopic (exact) mass is 310 g/mol. The molecule has 0 bridgehead atoms. The van der Waals surface area contributed by atoms with Crippen LogP contribution in [0.2, 0.25) is 0 Å². The molecule has 2 aromatic carbocycles. The number of aryl methyl sites for hydroxylation is 2. The molecular weight excluding hydrogens is 284 g/mol. The fourth-order valence-electron chi connectivity index (χ4n) is 2.58. The minimum Gasteiger partial charge on any atom is -0.372 e. The number of carbonyl (C=O) groups is 1. The molecule has 0 unspecified atom stereocenters. The third kappa shape index (κ3) is 4.35. The van der Waals surface area contributed by atoms with Crippen LogP contribution in [0.3, 0.4) is 0 Å². The minimum absolute atomic E-state index is 0.0269. The van der Waals surface area contributed by atoms with Crippen LogP contribution in [0.4, 0.5) is 5.69 Å². The van der Waals surface area contributed by atoms with Crippen LogP contribution in [0.5, 0.6) is 0 Å². The van der Waals surface area contributed by atoms with Gasteiger partial charge >= 0.3 is 0 Å². The number of rotatable bonds is 6.